The highest BCUT2D eigenvalue weighted by molar-refractivity contribution is 8.00. The molecule has 7 nitrogen and oxygen atoms in total. The molecular weight excluding hydrogens is 470 g/mol. The minimum Gasteiger partial charge on any atom is -0.494 e. The fraction of sp³-hybridized carbons (Fsp3) is 0.160. The van der Waals surface area contributed by atoms with Crippen molar-refractivity contribution < 1.29 is 9.53 Å². The lowest BCUT2D eigenvalue weighted by molar-refractivity contribution is -0.116. The van der Waals surface area contributed by atoms with E-state index in [1.807, 2.05) is 90.5 Å². The molecule has 0 saturated carbocycles. The van der Waals surface area contributed by atoms with E-state index in [4.69, 9.17) is 16.3 Å². The maximum atomic E-state index is 13.4. The quantitative estimate of drug-likeness (QED) is 0.376. The van der Waals surface area contributed by atoms with Crippen LogP contribution >= 0.6 is 23.4 Å². The average Bonchev–Trinajstić information content (AvgIpc) is 3.29. The maximum Gasteiger partial charge on any atom is 0.240 e. The molecule has 0 saturated heterocycles. The first kappa shape index (κ1) is 22.3. The average molecular weight is 492 g/mol. The number of rotatable bonds is 6. The third-order valence-electron chi connectivity index (χ3n) is 5.39. The summed E-state index contributed by atoms with van der Waals surface area (Å²) in [5, 5.41) is 12.5. The molecule has 9 heteroatoms. The zero-order valence-electron chi connectivity index (χ0n) is 18.3. The van der Waals surface area contributed by atoms with Crippen LogP contribution < -0.4 is 15.5 Å². The Hall–Kier alpha value is -3.49. The molecule has 0 fully saturated rings. The Morgan fingerprint density at radius 3 is 2.50 bits per heavy atom. The van der Waals surface area contributed by atoms with Gasteiger partial charge in [0.25, 0.3) is 0 Å². The Morgan fingerprint density at radius 2 is 1.79 bits per heavy atom. The molecule has 1 aromatic heterocycles. The summed E-state index contributed by atoms with van der Waals surface area (Å²) in [5.74, 6) is 1.30. The number of nitrogens with one attached hydrogen (secondary N) is 2. The fourth-order valence-corrected chi connectivity index (χ4v) is 4.97. The topological polar surface area (TPSA) is 81.1 Å². The molecule has 2 unspecified atom stereocenters. The molecule has 34 heavy (non-hydrogen) atoms. The van der Waals surface area contributed by atoms with Gasteiger partial charge in [0, 0.05) is 16.3 Å². The van der Waals surface area contributed by atoms with Crippen molar-refractivity contribution in [2.75, 3.05) is 17.3 Å². The van der Waals surface area contributed by atoms with E-state index in [2.05, 4.69) is 20.9 Å². The fourth-order valence-electron chi connectivity index (χ4n) is 3.76. The van der Waals surface area contributed by atoms with Crippen LogP contribution in [0.5, 0.6) is 5.75 Å². The first-order chi connectivity index (χ1) is 16.6. The summed E-state index contributed by atoms with van der Waals surface area (Å²) in [4.78, 5) is 13.4. The van der Waals surface area contributed by atoms with Gasteiger partial charge in [-0.2, -0.15) is 0 Å². The van der Waals surface area contributed by atoms with Gasteiger partial charge in [0.2, 0.25) is 11.1 Å². The normalized spacial score (nSPS) is 16.9. The van der Waals surface area contributed by atoms with Crippen LogP contribution in [0.4, 0.5) is 5.69 Å². The highest BCUT2D eigenvalue weighted by Crippen LogP contribution is 2.39. The lowest BCUT2D eigenvalue weighted by Crippen LogP contribution is -2.41. The van der Waals surface area contributed by atoms with Crippen LogP contribution in [0.1, 0.15) is 18.5 Å². The summed E-state index contributed by atoms with van der Waals surface area (Å²) >= 11 is 7.50. The number of hydrogen-bond donors (Lipinski definition) is 2. The van der Waals surface area contributed by atoms with Crippen molar-refractivity contribution in [3.63, 3.8) is 0 Å². The smallest absolute Gasteiger partial charge is 0.240 e. The molecule has 5 rings (SSSR count). The van der Waals surface area contributed by atoms with Gasteiger partial charge in [0.05, 0.1) is 12.6 Å². The van der Waals surface area contributed by atoms with E-state index in [-0.39, 0.29) is 11.9 Å². The van der Waals surface area contributed by atoms with Gasteiger partial charge in [-0.1, -0.05) is 65.8 Å². The Balaban J connectivity index is 1.46. The van der Waals surface area contributed by atoms with Gasteiger partial charge in [-0.3, -0.25) is 4.79 Å². The number of nitrogens with zero attached hydrogens (tertiary/aromatic N) is 3. The molecule has 3 aromatic carbocycles. The maximum absolute atomic E-state index is 13.4. The van der Waals surface area contributed by atoms with Crippen molar-refractivity contribution in [2.45, 2.75) is 23.4 Å². The minimum absolute atomic E-state index is 0.142. The summed E-state index contributed by atoms with van der Waals surface area (Å²) in [6.07, 6.45) is 0. The number of amides is 1. The largest absolute Gasteiger partial charge is 0.494 e. The van der Waals surface area contributed by atoms with Crippen LogP contribution in [-0.2, 0) is 4.79 Å². The third-order valence-corrected chi connectivity index (χ3v) is 6.86. The number of hydrogen-bond acceptors (Lipinski definition) is 6. The summed E-state index contributed by atoms with van der Waals surface area (Å²) in [7, 11) is 0. The summed E-state index contributed by atoms with van der Waals surface area (Å²) < 4.78 is 7.34. The second-order valence-electron chi connectivity index (χ2n) is 7.65. The Kier molecular flexibility index (Phi) is 6.42. The Labute approximate surface area is 206 Å². The van der Waals surface area contributed by atoms with Crippen LogP contribution in [0.25, 0.3) is 11.4 Å². The van der Waals surface area contributed by atoms with E-state index in [1.165, 1.54) is 11.8 Å². The molecular formula is C25H22ClN5O2S. The number of benzene rings is 3. The number of carbonyl (C=O) groups excluding carboxylic acids is 1. The molecule has 2 atom stereocenters. The first-order valence-corrected chi connectivity index (χ1v) is 12.1. The lowest BCUT2D eigenvalue weighted by atomic mass is 10.0. The molecule has 1 aliphatic heterocycles. The number of thioether (sulfide) groups is 1. The third kappa shape index (κ3) is 4.60. The van der Waals surface area contributed by atoms with Crippen LogP contribution in [0.3, 0.4) is 0 Å². The molecule has 0 aliphatic carbocycles. The van der Waals surface area contributed by atoms with Gasteiger partial charge in [0.15, 0.2) is 5.82 Å². The van der Waals surface area contributed by atoms with Gasteiger partial charge in [-0.05, 0) is 48.9 Å². The Bertz CT molecular complexity index is 1280. The summed E-state index contributed by atoms with van der Waals surface area (Å²) in [5.41, 5.74) is 6.03. The van der Waals surface area contributed by atoms with E-state index in [1.54, 1.807) is 0 Å². The molecule has 4 aromatic rings. The monoisotopic (exact) mass is 491 g/mol. The standard InChI is InChI=1S/C25H22ClN5O2S/c1-2-33-20-14-12-19(13-15-20)27-24(32)22-21(16-8-10-18(26)11-9-16)30-31-23(28-29-25(31)34-22)17-6-4-3-5-7-17/h3-15,21-22,30H,2H2,1H3,(H,27,32). The molecule has 0 bridgehead atoms. The summed E-state index contributed by atoms with van der Waals surface area (Å²) in [6, 6.07) is 24.3. The van der Waals surface area contributed by atoms with Crippen LogP contribution in [0.15, 0.2) is 84.0 Å². The van der Waals surface area contributed by atoms with E-state index in [9.17, 15) is 4.79 Å². The van der Waals surface area contributed by atoms with E-state index in [0.717, 1.165) is 16.9 Å². The summed E-state index contributed by atoms with van der Waals surface area (Å²) in [6.45, 7) is 2.52. The molecule has 1 aliphatic rings. The zero-order valence-corrected chi connectivity index (χ0v) is 19.9. The molecule has 0 spiro atoms. The second kappa shape index (κ2) is 9.79. The van der Waals surface area contributed by atoms with E-state index < -0.39 is 5.25 Å². The van der Waals surface area contributed by atoms with Crippen molar-refractivity contribution in [2.24, 2.45) is 0 Å². The van der Waals surface area contributed by atoms with E-state index >= 15 is 0 Å². The van der Waals surface area contributed by atoms with Crippen molar-refractivity contribution in [1.29, 1.82) is 0 Å². The predicted octanol–water partition coefficient (Wildman–Crippen LogP) is 5.40. The second-order valence-corrected chi connectivity index (χ2v) is 9.20. The number of halogens is 1. The van der Waals surface area contributed by atoms with Crippen LogP contribution in [0.2, 0.25) is 5.02 Å². The molecule has 2 N–H and O–H groups in total. The van der Waals surface area contributed by atoms with Crippen molar-refractivity contribution in [1.82, 2.24) is 14.9 Å². The van der Waals surface area contributed by atoms with Gasteiger partial charge in [-0.15, -0.1) is 10.2 Å². The highest BCUT2D eigenvalue weighted by Gasteiger charge is 2.38. The number of anilines is 1. The minimum atomic E-state index is -0.493. The number of aromatic nitrogens is 3. The van der Waals surface area contributed by atoms with Gasteiger partial charge in [-0.25, -0.2) is 4.68 Å². The lowest BCUT2D eigenvalue weighted by Gasteiger charge is -2.33. The SMILES string of the molecule is CCOc1ccc(NC(=O)C2Sc3nnc(-c4ccccc4)n3NC2c2ccc(Cl)cc2)cc1. The highest BCUT2D eigenvalue weighted by atomic mass is 35.5. The van der Waals surface area contributed by atoms with Gasteiger partial charge >= 0.3 is 0 Å². The van der Waals surface area contributed by atoms with Crippen molar-refractivity contribution >= 4 is 35.0 Å². The van der Waals surface area contributed by atoms with E-state index in [0.29, 0.717) is 28.3 Å². The molecule has 0 radical (unpaired) electrons. The molecule has 2 heterocycles. The Morgan fingerprint density at radius 1 is 1.06 bits per heavy atom. The number of carbonyl (C=O) groups is 1. The van der Waals surface area contributed by atoms with Crippen molar-refractivity contribution in [3.05, 3.63) is 89.4 Å². The van der Waals surface area contributed by atoms with Crippen LogP contribution in [0, 0.1) is 0 Å². The zero-order chi connectivity index (χ0) is 23.5. The van der Waals surface area contributed by atoms with Gasteiger partial charge < -0.3 is 15.5 Å². The number of fused-ring (bicyclic) bond motifs is 1. The molecule has 172 valence electrons. The van der Waals surface area contributed by atoms with Crippen LogP contribution in [-0.4, -0.2) is 32.6 Å². The van der Waals surface area contributed by atoms with Gasteiger partial charge in [0.1, 0.15) is 11.0 Å². The first-order valence-electron chi connectivity index (χ1n) is 10.9. The molecule has 1 amide bonds. The number of ether oxygens (including phenoxy) is 1. The predicted molar refractivity (Wildman–Crippen MR) is 135 cm³/mol. The van der Waals surface area contributed by atoms with Crippen molar-refractivity contribution in [3.8, 4) is 17.1 Å².